The van der Waals surface area contributed by atoms with E-state index >= 15 is 0 Å². The Hall–Kier alpha value is -4.00. The molecule has 3 aromatic heterocycles. The van der Waals surface area contributed by atoms with Gasteiger partial charge in [0.25, 0.3) is 11.5 Å². The van der Waals surface area contributed by atoms with E-state index in [-0.39, 0.29) is 11.5 Å². The fourth-order valence-electron chi connectivity index (χ4n) is 2.83. The maximum atomic E-state index is 12.7. The smallest absolute Gasteiger partial charge is 0.280 e. The molecule has 2 N–H and O–H groups in total. The highest BCUT2D eigenvalue weighted by atomic mass is 16.1. The van der Waals surface area contributed by atoms with Crippen molar-refractivity contribution < 1.29 is 4.79 Å². The van der Waals surface area contributed by atoms with Gasteiger partial charge in [0.2, 0.25) is 0 Å². The molecule has 0 aliphatic heterocycles. The Kier molecular flexibility index (Phi) is 4.79. The van der Waals surface area contributed by atoms with Crippen molar-refractivity contribution >= 4 is 5.91 Å². The molecule has 0 aliphatic rings. The molecule has 0 saturated heterocycles. The Labute approximate surface area is 160 Å². The summed E-state index contributed by atoms with van der Waals surface area (Å²) in [5.74, 6) is 0.104. The van der Waals surface area contributed by atoms with E-state index in [4.69, 9.17) is 0 Å². The lowest BCUT2D eigenvalue weighted by molar-refractivity contribution is 0.0950. The van der Waals surface area contributed by atoms with Crippen LogP contribution < -0.4 is 10.9 Å². The fourth-order valence-corrected chi connectivity index (χ4v) is 2.83. The molecule has 4 aromatic rings. The van der Waals surface area contributed by atoms with Crippen LogP contribution >= 0.6 is 0 Å². The van der Waals surface area contributed by atoms with Gasteiger partial charge in [-0.15, -0.1) is 0 Å². The van der Waals surface area contributed by atoms with E-state index in [0.29, 0.717) is 29.1 Å². The molecule has 0 atom stereocenters. The summed E-state index contributed by atoms with van der Waals surface area (Å²) in [6, 6.07) is 16.4. The second-order valence-electron chi connectivity index (χ2n) is 6.14. The molecule has 1 aromatic carbocycles. The molecule has 4 rings (SSSR count). The van der Waals surface area contributed by atoms with Crippen molar-refractivity contribution in [1.82, 2.24) is 25.1 Å². The number of hydrogen-bond donors (Lipinski definition) is 2. The summed E-state index contributed by atoms with van der Waals surface area (Å²) in [6.07, 6.45) is 6.37. The lowest BCUT2D eigenvalue weighted by atomic mass is 10.2. The standard InChI is InChI=1S/C21H17N5O2/c27-20(24-12-15-5-2-1-3-6-15)16-8-10-23-19(11-16)26-21(28)18(14-25-26)17-7-4-9-22-13-17/h1-11,13-14,25H,12H2,(H,24,27). The van der Waals surface area contributed by atoms with Crippen molar-refractivity contribution in [2.75, 3.05) is 0 Å². The predicted octanol–water partition coefficient (Wildman–Crippen LogP) is 2.55. The first-order valence-electron chi connectivity index (χ1n) is 8.72. The summed E-state index contributed by atoms with van der Waals surface area (Å²) in [4.78, 5) is 33.4. The second kappa shape index (κ2) is 7.71. The summed E-state index contributed by atoms with van der Waals surface area (Å²) in [5, 5.41) is 5.76. The van der Waals surface area contributed by atoms with Gasteiger partial charge in [-0.2, -0.15) is 0 Å². The van der Waals surface area contributed by atoms with Gasteiger partial charge in [0.1, 0.15) is 0 Å². The quantitative estimate of drug-likeness (QED) is 0.564. The summed E-state index contributed by atoms with van der Waals surface area (Å²) < 4.78 is 1.30. The zero-order valence-corrected chi connectivity index (χ0v) is 14.9. The molecular weight excluding hydrogens is 354 g/mol. The summed E-state index contributed by atoms with van der Waals surface area (Å²) >= 11 is 0. The van der Waals surface area contributed by atoms with Crippen molar-refractivity contribution in [2.45, 2.75) is 6.54 Å². The molecular formula is C21H17N5O2. The zero-order valence-electron chi connectivity index (χ0n) is 14.9. The van der Waals surface area contributed by atoms with E-state index in [9.17, 15) is 9.59 Å². The van der Waals surface area contributed by atoms with Crippen LogP contribution in [0.4, 0.5) is 0 Å². The average molecular weight is 371 g/mol. The van der Waals surface area contributed by atoms with E-state index < -0.39 is 0 Å². The highest BCUT2D eigenvalue weighted by Gasteiger charge is 2.13. The molecule has 0 fully saturated rings. The van der Waals surface area contributed by atoms with Gasteiger partial charge < -0.3 is 5.32 Å². The highest BCUT2D eigenvalue weighted by Crippen LogP contribution is 2.14. The summed E-state index contributed by atoms with van der Waals surface area (Å²) in [7, 11) is 0. The Morgan fingerprint density at radius 3 is 2.71 bits per heavy atom. The van der Waals surface area contributed by atoms with Gasteiger partial charge in [0, 0.05) is 42.5 Å². The van der Waals surface area contributed by atoms with Crippen LogP contribution in [0, 0.1) is 0 Å². The number of carbonyl (C=O) groups is 1. The van der Waals surface area contributed by atoms with Crippen molar-refractivity contribution in [2.24, 2.45) is 0 Å². The van der Waals surface area contributed by atoms with Gasteiger partial charge in [-0.1, -0.05) is 36.4 Å². The third kappa shape index (κ3) is 3.59. The third-order valence-corrected chi connectivity index (χ3v) is 4.28. The van der Waals surface area contributed by atoms with Crippen molar-refractivity contribution in [3.63, 3.8) is 0 Å². The van der Waals surface area contributed by atoms with E-state index in [1.54, 1.807) is 36.8 Å². The van der Waals surface area contributed by atoms with Crippen LogP contribution in [0.25, 0.3) is 16.9 Å². The maximum Gasteiger partial charge on any atom is 0.280 e. The SMILES string of the molecule is O=C(NCc1ccccc1)c1ccnc(-n2[nH]cc(-c3cccnc3)c2=O)c1. The first-order chi connectivity index (χ1) is 13.7. The number of carbonyl (C=O) groups excluding carboxylic acids is 1. The lowest BCUT2D eigenvalue weighted by Crippen LogP contribution is -2.23. The number of aromatic nitrogens is 4. The molecule has 28 heavy (non-hydrogen) atoms. The van der Waals surface area contributed by atoms with Crippen LogP contribution in [0.3, 0.4) is 0 Å². The van der Waals surface area contributed by atoms with Crippen LogP contribution in [-0.4, -0.2) is 25.7 Å². The van der Waals surface area contributed by atoms with E-state index in [0.717, 1.165) is 5.56 Å². The lowest BCUT2D eigenvalue weighted by Gasteiger charge is -2.07. The molecule has 0 unspecified atom stereocenters. The minimum Gasteiger partial charge on any atom is -0.348 e. The van der Waals surface area contributed by atoms with Crippen LogP contribution in [-0.2, 0) is 6.54 Å². The molecule has 0 aliphatic carbocycles. The Morgan fingerprint density at radius 2 is 1.93 bits per heavy atom. The van der Waals surface area contributed by atoms with Gasteiger partial charge in [0.05, 0.1) is 5.56 Å². The molecule has 0 saturated carbocycles. The molecule has 138 valence electrons. The first-order valence-corrected chi connectivity index (χ1v) is 8.72. The van der Waals surface area contributed by atoms with Gasteiger partial charge in [-0.25, -0.2) is 9.67 Å². The Bertz CT molecular complexity index is 1150. The van der Waals surface area contributed by atoms with Crippen molar-refractivity contribution in [3.8, 4) is 16.9 Å². The number of aromatic amines is 1. The average Bonchev–Trinajstić information content (AvgIpc) is 3.15. The summed E-state index contributed by atoms with van der Waals surface area (Å²) in [6.45, 7) is 0.422. The maximum absolute atomic E-state index is 12.7. The molecule has 0 bridgehead atoms. The number of rotatable bonds is 5. The van der Waals surface area contributed by atoms with Crippen LogP contribution in [0.5, 0.6) is 0 Å². The number of H-pyrrole nitrogens is 1. The predicted molar refractivity (Wildman–Crippen MR) is 105 cm³/mol. The molecule has 1 amide bonds. The van der Waals surface area contributed by atoms with E-state index in [1.165, 1.54) is 10.9 Å². The molecule has 0 radical (unpaired) electrons. The Morgan fingerprint density at radius 1 is 1.07 bits per heavy atom. The fraction of sp³-hybridized carbons (Fsp3) is 0.0476. The van der Waals surface area contributed by atoms with Crippen LogP contribution in [0.2, 0.25) is 0 Å². The third-order valence-electron chi connectivity index (χ3n) is 4.28. The second-order valence-corrected chi connectivity index (χ2v) is 6.14. The van der Waals surface area contributed by atoms with Gasteiger partial charge >= 0.3 is 0 Å². The van der Waals surface area contributed by atoms with Gasteiger partial charge in [-0.3, -0.25) is 19.7 Å². The number of pyridine rings is 2. The van der Waals surface area contributed by atoms with Crippen LogP contribution in [0.1, 0.15) is 15.9 Å². The monoisotopic (exact) mass is 371 g/mol. The minimum absolute atomic E-state index is 0.236. The molecule has 0 spiro atoms. The number of hydrogen-bond acceptors (Lipinski definition) is 4. The number of nitrogens with zero attached hydrogens (tertiary/aromatic N) is 3. The number of benzene rings is 1. The largest absolute Gasteiger partial charge is 0.348 e. The van der Waals surface area contributed by atoms with Crippen molar-refractivity contribution in [1.29, 1.82) is 0 Å². The van der Waals surface area contributed by atoms with Gasteiger partial charge in [0.15, 0.2) is 5.82 Å². The van der Waals surface area contributed by atoms with Gasteiger partial charge in [-0.05, 0) is 23.8 Å². The summed E-state index contributed by atoms with van der Waals surface area (Å²) in [5.41, 5.74) is 2.35. The topological polar surface area (TPSA) is 92.7 Å². The van der Waals surface area contributed by atoms with E-state index in [1.807, 2.05) is 36.4 Å². The zero-order chi connectivity index (χ0) is 19.3. The molecule has 3 heterocycles. The van der Waals surface area contributed by atoms with Crippen molar-refractivity contribution in [3.05, 3.63) is 101 Å². The molecule has 7 nitrogen and oxygen atoms in total. The number of nitrogens with one attached hydrogen (secondary N) is 2. The number of amides is 1. The van der Waals surface area contributed by atoms with E-state index in [2.05, 4.69) is 20.4 Å². The highest BCUT2D eigenvalue weighted by molar-refractivity contribution is 5.94. The normalized spacial score (nSPS) is 10.6. The molecule has 7 heteroatoms. The minimum atomic E-state index is -0.262. The Balaban J connectivity index is 1.57. The first kappa shape index (κ1) is 17.4. The van der Waals surface area contributed by atoms with Crippen LogP contribution in [0.15, 0.2) is 84.2 Å².